The van der Waals surface area contributed by atoms with Crippen molar-refractivity contribution >= 4 is 15.9 Å². The lowest BCUT2D eigenvalue weighted by atomic mass is 9.88. The third-order valence-corrected chi connectivity index (χ3v) is 3.86. The minimum atomic E-state index is -0.638. The van der Waals surface area contributed by atoms with E-state index in [1.165, 1.54) is 12.0 Å². The molecule has 2 nitrogen and oxygen atoms in total. The monoisotopic (exact) mass is 284 g/mol. The Hall–Kier alpha value is -0.540. The Morgan fingerprint density at radius 3 is 3.00 bits per heavy atom. The fraction of sp³-hybridized carbons (Fsp3) is 0.538. The number of alkyl halides is 1. The van der Waals surface area contributed by atoms with Gasteiger partial charge in [0.2, 0.25) is 0 Å². The van der Waals surface area contributed by atoms with Crippen LogP contribution in [0.5, 0.6) is 0 Å². The Bertz CT molecular complexity index is 357. The minimum Gasteiger partial charge on any atom is -0.509 e. The van der Waals surface area contributed by atoms with Gasteiger partial charge in [-0.25, -0.2) is 0 Å². The zero-order chi connectivity index (χ0) is 11.6. The highest BCUT2D eigenvalue weighted by atomic mass is 79.9. The van der Waals surface area contributed by atoms with E-state index in [1.54, 1.807) is 13.2 Å². The first kappa shape index (κ1) is 11.9. The van der Waals surface area contributed by atoms with E-state index in [0.29, 0.717) is 5.76 Å². The third kappa shape index (κ3) is 2.25. The normalized spacial score (nSPS) is 33.8. The first-order valence-corrected chi connectivity index (χ1v) is 6.55. The summed E-state index contributed by atoms with van der Waals surface area (Å²) in [6, 6.07) is 0. The molecular formula is C13H17BrO2. The SMILES string of the molecule is COC1(CC2=CCCC2)C=CC(Br)C=C1O. The number of aliphatic hydroxyl groups excluding tert-OH is 1. The molecule has 0 aromatic carbocycles. The van der Waals surface area contributed by atoms with Crippen molar-refractivity contribution in [2.45, 2.75) is 36.1 Å². The number of ether oxygens (including phenoxy) is 1. The number of rotatable bonds is 3. The first-order valence-electron chi connectivity index (χ1n) is 5.64. The average molecular weight is 285 g/mol. The summed E-state index contributed by atoms with van der Waals surface area (Å²) in [5.41, 5.74) is 0.750. The first-order chi connectivity index (χ1) is 7.66. The smallest absolute Gasteiger partial charge is 0.146 e. The number of hydrogen-bond acceptors (Lipinski definition) is 2. The van der Waals surface area contributed by atoms with E-state index in [1.807, 2.05) is 12.2 Å². The predicted octanol–water partition coefficient (Wildman–Crippen LogP) is 3.65. The Kier molecular flexibility index (Phi) is 3.55. The standard InChI is InChI=1S/C13H17BrO2/c1-16-13(9-10-4-2-3-5-10)7-6-11(14)8-12(13)15/h4,6-8,11,15H,2-3,5,9H2,1H3. The summed E-state index contributed by atoms with van der Waals surface area (Å²) in [5.74, 6) is 0.312. The molecule has 0 amide bonds. The molecule has 2 aliphatic carbocycles. The van der Waals surface area contributed by atoms with Crippen LogP contribution in [0.3, 0.4) is 0 Å². The van der Waals surface area contributed by atoms with Crippen LogP contribution in [0.25, 0.3) is 0 Å². The average Bonchev–Trinajstić information content (AvgIpc) is 2.75. The van der Waals surface area contributed by atoms with Gasteiger partial charge >= 0.3 is 0 Å². The summed E-state index contributed by atoms with van der Waals surface area (Å²) in [4.78, 5) is 0.105. The second-order valence-electron chi connectivity index (χ2n) is 4.38. The van der Waals surface area contributed by atoms with Crippen LogP contribution in [0.15, 0.2) is 35.6 Å². The Morgan fingerprint density at radius 2 is 2.44 bits per heavy atom. The summed E-state index contributed by atoms with van der Waals surface area (Å²) in [6.07, 6.45) is 12.3. The third-order valence-electron chi connectivity index (χ3n) is 3.29. The molecule has 0 saturated heterocycles. The summed E-state index contributed by atoms with van der Waals surface area (Å²) in [6.45, 7) is 0. The Balaban J connectivity index is 2.19. The van der Waals surface area contributed by atoms with Gasteiger partial charge < -0.3 is 9.84 Å². The number of aliphatic hydroxyl groups is 1. The van der Waals surface area contributed by atoms with Gasteiger partial charge in [-0.1, -0.05) is 33.7 Å². The number of hydrogen-bond donors (Lipinski definition) is 1. The van der Waals surface area contributed by atoms with Gasteiger partial charge in [0.05, 0.1) is 4.83 Å². The van der Waals surface area contributed by atoms with E-state index in [2.05, 4.69) is 22.0 Å². The van der Waals surface area contributed by atoms with Gasteiger partial charge in [-0.2, -0.15) is 0 Å². The van der Waals surface area contributed by atoms with Crippen LogP contribution in [0, 0.1) is 0 Å². The molecule has 16 heavy (non-hydrogen) atoms. The van der Waals surface area contributed by atoms with Crippen LogP contribution in [-0.2, 0) is 4.74 Å². The Morgan fingerprint density at radius 1 is 1.62 bits per heavy atom. The molecule has 0 bridgehead atoms. The van der Waals surface area contributed by atoms with E-state index >= 15 is 0 Å². The van der Waals surface area contributed by atoms with Gasteiger partial charge in [0.25, 0.3) is 0 Å². The molecular weight excluding hydrogens is 268 g/mol. The molecule has 0 fully saturated rings. The highest BCUT2D eigenvalue weighted by Gasteiger charge is 2.35. The highest BCUT2D eigenvalue weighted by molar-refractivity contribution is 9.09. The van der Waals surface area contributed by atoms with Gasteiger partial charge in [0.1, 0.15) is 11.4 Å². The second-order valence-corrected chi connectivity index (χ2v) is 5.44. The zero-order valence-electron chi connectivity index (χ0n) is 9.45. The van der Waals surface area contributed by atoms with Crippen LogP contribution in [0.4, 0.5) is 0 Å². The molecule has 1 N–H and O–H groups in total. The molecule has 0 aliphatic heterocycles. The van der Waals surface area contributed by atoms with E-state index in [0.717, 1.165) is 19.3 Å². The van der Waals surface area contributed by atoms with Crippen LogP contribution in [0.1, 0.15) is 25.7 Å². The minimum absolute atomic E-state index is 0.105. The summed E-state index contributed by atoms with van der Waals surface area (Å²) in [5, 5.41) is 10.1. The van der Waals surface area contributed by atoms with E-state index in [-0.39, 0.29) is 4.83 Å². The van der Waals surface area contributed by atoms with E-state index in [9.17, 15) is 5.11 Å². The molecule has 2 atom stereocenters. The summed E-state index contributed by atoms with van der Waals surface area (Å²) in [7, 11) is 1.65. The molecule has 2 unspecified atom stereocenters. The van der Waals surface area contributed by atoms with Crippen LogP contribution in [-0.4, -0.2) is 22.6 Å². The highest BCUT2D eigenvalue weighted by Crippen LogP contribution is 2.36. The van der Waals surface area contributed by atoms with Crippen molar-refractivity contribution in [3.8, 4) is 0 Å². The van der Waals surface area contributed by atoms with Crippen LogP contribution >= 0.6 is 15.9 Å². The maximum atomic E-state index is 10.1. The van der Waals surface area contributed by atoms with Gasteiger partial charge in [-0.15, -0.1) is 0 Å². The topological polar surface area (TPSA) is 29.5 Å². The lowest BCUT2D eigenvalue weighted by molar-refractivity contribution is 0.0270. The van der Waals surface area contributed by atoms with Crippen molar-refractivity contribution in [1.82, 2.24) is 0 Å². The molecule has 2 rings (SSSR count). The van der Waals surface area contributed by atoms with Crippen molar-refractivity contribution in [1.29, 1.82) is 0 Å². The van der Waals surface area contributed by atoms with Crippen molar-refractivity contribution in [2.75, 3.05) is 7.11 Å². The van der Waals surface area contributed by atoms with Crippen molar-refractivity contribution in [2.24, 2.45) is 0 Å². The predicted molar refractivity (Wildman–Crippen MR) is 68.9 cm³/mol. The zero-order valence-corrected chi connectivity index (χ0v) is 11.0. The lowest BCUT2D eigenvalue weighted by Crippen LogP contribution is -2.34. The fourth-order valence-electron chi connectivity index (χ4n) is 2.31. The van der Waals surface area contributed by atoms with Crippen molar-refractivity contribution in [3.05, 3.63) is 35.6 Å². The molecule has 0 heterocycles. The van der Waals surface area contributed by atoms with Crippen LogP contribution < -0.4 is 0 Å². The molecule has 0 saturated carbocycles. The summed E-state index contributed by atoms with van der Waals surface area (Å²) < 4.78 is 5.53. The van der Waals surface area contributed by atoms with Crippen molar-refractivity contribution in [3.63, 3.8) is 0 Å². The van der Waals surface area contributed by atoms with Gasteiger partial charge in [0.15, 0.2) is 0 Å². The molecule has 0 aromatic heterocycles. The van der Waals surface area contributed by atoms with E-state index in [4.69, 9.17) is 4.74 Å². The second kappa shape index (κ2) is 4.76. The quantitative estimate of drug-likeness (QED) is 0.633. The maximum Gasteiger partial charge on any atom is 0.146 e. The largest absolute Gasteiger partial charge is 0.509 e. The van der Waals surface area contributed by atoms with Gasteiger partial charge in [-0.05, 0) is 31.4 Å². The number of methoxy groups -OCH3 is 1. The molecule has 3 heteroatoms. The van der Waals surface area contributed by atoms with Gasteiger partial charge in [0, 0.05) is 13.5 Å². The fourth-order valence-corrected chi connectivity index (χ4v) is 2.71. The number of halogens is 1. The van der Waals surface area contributed by atoms with Crippen molar-refractivity contribution < 1.29 is 9.84 Å². The van der Waals surface area contributed by atoms with E-state index < -0.39 is 5.60 Å². The van der Waals surface area contributed by atoms with Crippen LogP contribution in [0.2, 0.25) is 0 Å². The van der Waals surface area contributed by atoms with Gasteiger partial charge in [-0.3, -0.25) is 0 Å². The molecule has 0 spiro atoms. The maximum absolute atomic E-state index is 10.1. The lowest BCUT2D eigenvalue weighted by Gasteiger charge is -2.32. The molecule has 2 aliphatic rings. The summed E-state index contributed by atoms with van der Waals surface area (Å²) >= 11 is 3.43. The number of allylic oxidation sites excluding steroid dienone is 3. The molecule has 0 aromatic rings. The molecule has 0 radical (unpaired) electrons. The molecule has 88 valence electrons. The Labute approximate surface area is 105 Å².